The quantitative estimate of drug-likeness (QED) is 0.739. The summed E-state index contributed by atoms with van der Waals surface area (Å²) < 4.78 is 4.97. The summed E-state index contributed by atoms with van der Waals surface area (Å²) in [5, 5.41) is 3.12. The number of hydrogen-bond acceptors (Lipinski definition) is 4. The molecule has 24 heavy (non-hydrogen) atoms. The SMILES string of the molecule is COCCNCC(=O)N(C)C1CCCN(c2ccccc2)C1.Cl.Cl. The number of likely N-dealkylation sites (N-methyl/N-ethyl adjacent to an activating group) is 1. The van der Waals surface area contributed by atoms with E-state index in [4.69, 9.17) is 4.74 Å². The molecule has 1 amide bonds. The molecule has 7 heteroatoms. The van der Waals surface area contributed by atoms with E-state index in [0.29, 0.717) is 19.7 Å². The van der Waals surface area contributed by atoms with Gasteiger partial charge < -0.3 is 19.9 Å². The van der Waals surface area contributed by atoms with Gasteiger partial charge in [-0.05, 0) is 25.0 Å². The molecule has 1 fully saturated rings. The van der Waals surface area contributed by atoms with Crippen LogP contribution in [-0.2, 0) is 9.53 Å². The highest BCUT2D eigenvalue weighted by molar-refractivity contribution is 5.85. The molecule has 1 saturated heterocycles. The van der Waals surface area contributed by atoms with Crippen molar-refractivity contribution in [3.63, 3.8) is 0 Å². The first-order valence-electron chi connectivity index (χ1n) is 7.97. The van der Waals surface area contributed by atoms with Crippen molar-refractivity contribution in [2.24, 2.45) is 0 Å². The minimum atomic E-state index is 0. The third kappa shape index (κ3) is 6.85. The molecular formula is C17H29Cl2N3O2. The highest BCUT2D eigenvalue weighted by Crippen LogP contribution is 2.21. The van der Waals surface area contributed by atoms with Crippen molar-refractivity contribution in [2.75, 3.05) is 51.8 Å². The lowest BCUT2D eigenvalue weighted by Crippen LogP contribution is -2.50. The number of hydrogen-bond donors (Lipinski definition) is 1. The molecule has 0 radical (unpaired) electrons. The van der Waals surface area contributed by atoms with Crippen LogP contribution in [-0.4, -0.2) is 63.8 Å². The van der Waals surface area contributed by atoms with E-state index < -0.39 is 0 Å². The molecule has 5 nitrogen and oxygen atoms in total. The Hall–Kier alpha value is -1.01. The summed E-state index contributed by atoms with van der Waals surface area (Å²) in [4.78, 5) is 16.5. The van der Waals surface area contributed by atoms with E-state index in [1.807, 2.05) is 18.0 Å². The number of nitrogens with one attached hydrogen (secondary N) is 1. The second-order valence-corrected chi connectivity index (χ2v) is 5.75. The Kier molecular flexibility index (Phi) is 11.8. The maximum atomic E-state index is 12.3. The Labute approximate surface area is 157 Å². The van der Waals surface area contributed by atoms with Gasteiger partial charge in [0.1, 0.15) is 0 Å². The van der Waals surface area contributed by atoms with Crippen molar-refractivity contribution in [2.45, 2.75) is 18.9 Å². The fourth-order valence-electron chi connectivity index (χ4n) is 2.84. The number of amides is 1. The first kappa shape index (κ1) is 23.0. The number of ether oxygens (including phenoxy) is 1. The number of carbonyl (C=O) groups excluding carboxylic acids is 1. The lowest BCUT2D eigenvalue weighted by molar-refractivity contribution is -0.131. The number of para-hydroxylation sites is 1. The molecule has 0 spiro atoms. The largest absolute Gasteiger partial charge is 0.383 e. The summed E-state index contributed by atoms with van der Waals surface area (Å²) in [5.41, 5.74) is 1.24. The van der Waals surface area contributed by atoms with Crippen LogP contribution in [0.25, 0.3) is 0 Å². The molecule has 0 aromatic heterocycles. The Morgan fingerprint density at radius 3 is 2.71 bits per heavy atom. The van der Waals surface area contributed by atoms with E-state index in [-0.39, 0.29) is 36.8 Å². The van der Waals surface area contributed by atoms with Crippen LogP contribution in [0.4, 0.5) is 5.69 Å². The maximum Gasteiger partial charge on any atom is 0.236 e. The molecule has 1 heterocycles. The van der Waals surface area contributed by atoms with E-state index in [9.17, 15) is 4.79 Å². The number of piperidine rings is 1. The van der Waals surface area contributed by atoms with E-state index in [0.717, 1.165) is 25.9 Å². The molecule has 0 saturated carbocycles. The van der Waals surface area contributed by atoms with Gasteiger partial charge in [-0.1, -0.05) is 18.2 Å². The first-order chi connectivity index (χ1) is 10.7. The van der Waals surface area contributed by atoms with Gasteiger partial charge >= 0.3 is 0 Å². The van der Waals surface area contributed by atoms with Crippen molar-refractivity contribution in [3.8, 4) is 0 Å². The summed E-state index contributed by atoms with van der Waals surface area (Å²) >= 11 is 0. The summed E-state index contributed by atoms with van der Waals surface area (Å²) in [7, 11) is 3.58. The van der Waals surface area contributed by atoms with Crippen molar-refractivity contribution < 1.29 is 9.53 Å². The van der Waals surface area contributed by atoms with Gasteiger partial charge in [-0.15, -0.1) is 24.8 Å². The maximum absolute atomic E-state index is 12.3. The van der Waals surface area contributed by atoms with Crippen LogP contribution < -0.4 is 10.2 Å². The first-order valence-corrected chi connectivity index (χ1v) is 7.97. The normalized spacial score (nSPS) is 16.8. The molecule has 1 aromatic rings. The second-order valence-electron chi connectivity index (χ2n) is 5.75. The molecule has 1 aromatic carbocycles. The van der Waals surface area contributed by atoms with Crippen molar-refractivity contribution in [1.29, 1.82) is 0 Å². The van der Waals surface area contributed by atoms with Crippen molar-refractivity contribution in [1.82, 2.24) is 10.2 Å². The van der Waals surface area contributed by atoms with Crippen LogP contribution >= 0.6 is 24.8 Å². The smallest absolute Gasteiger partial charge is 0.236 e. The molecule has 0 aliphatic carbocycles. The summed E-state index contributed by atoms with van der Waals surface area (Å²) in [6.45, 7) is 3.68. The number of halogens is 2. The molecule has 2 rings (SSSR count). The zero-order chi connectivity index (χ0) is 15.8. The summed E-state index contributed by atoms with van der Waals surface area (Å²) in [6, 6.07) is 10.7. The van der Waals surface area contributed by atoms with Crippen LogP contribution in [0.15, 0.2) is 30.3 Å². The zero-order valence-corrected chi connectivity index (χ0v) is 16.1. The highest BCUT2D eigenvalue weighted by Gasteiger charge is 2.25. The fourth-order valence-corrected chi connectivity index (χ4v) is 2.84. The molecule has 0 bridgehead atoms. The van der Waals surface area contributed by atoms with Gasteiger partial charge in [-0.2, -0.15) is 0 Å². The molecular weight excluding hydrogens is 349 g/mol. The molecule has 1 aliphatic rings. The predicted molar refractivity (Wildman–Crippen MR) is 104 cm³/mol. The molecule has 1 aliphatic heterocycles. The standard InChI is InChI=1S/C17H27N3O2.2ClH/c1-19(17(21)13-18-10-12-22-2)16-9-6-11-20(14-16)15-7-4-3-5-8-15;;/h3-5,7-8,16,18H,6,9-14H2,1-2H3;2*1H. The number of methoxy groups -OCH3 is 1. The minimum absolute atomic E-state index is 0. The Morgan fingerprint density at radius 1 is 1.33 bits per heavy atom. The van der Waals surface area contributed by atoms with Gasteiger partial charge in [0, 0.05) is 45.5 Å². The summed E-state index contributed by atoms with van der Waals surface area (Å²) in [6.07, 6.45) is 2.19. The van der Waals surface area contributed by atoms with Gasteiger partial charge in [0.25, 0.3) is 0 Å². The average Bonchev–Trinajstić information content (AvgIpc) is 2.59. The monoisotopic (exact) mass is 377 g/mol. The topological polar surface area (TPSA) is 44.8 Å². The van der Waals surface area contributed by atoms with E-state index in [2.05, 4.69) is 34.5 Å². The van der Waals surface area contributed by atoms with E-state index >= 15 is 0 Å². The second kappa shape index (κ2) is 12.4. The number of carbonyl (C=O) groups is 1. The van der Waals surface area contributed by atoms with E-state index in [1.54, 1.807) is 7.11 Å². The zero-order valence-electron chi connectivity index (χ0n) is 14.4. The number of nitrogens with zero attached hydrogens (tertiary/aromatic N) is 2. The van der Waals surface area contributed by atoms with Crippen LogP contribution in [0, 0.1) is 0 Å². The fraction of sp³-hybridized carbons (Fsp3) is 0.588. The van der Waals surface area contributed by atoms with Gasteiger partial charge in [-0.3, -0.25) is 4.79 Å². The Morgan fingerprint density at radius 2 is 2.04 bits per heavy atom. The van der Waals surface area contributed by atoms with E-state index in [1.165, 1.54) is 5.69 Å². The van der Waals surface area contributed by atoms with Gasteiger partial charge in [0.15, 0.2) is 0 Å². The lowest BCUT2D eigenvalue weighted by atomic mass is 10.0. The lowest BCUT2D eigenvalue weighted by Gasteiger charge is -2.39. The predicted octanol–water partition coefficient (Wildman–Crippen LogP) is 2.19. The molecule has 1 N–H and O–H groups in total. The van der Waals surface area contributed by atoms with Gasteiger partial charge in [0.05, 0.1) is 13.2 Å². The Bertz CT molecular complexity index is 462. The number of rotatable bonds is 7. The van der Waals surface area contributed by atoms with Gasteiger partial charge in [0.2, 0.25) is 5.91 Å². The Balaban J connectivity index is 0.00000264. The third-order valence-electron chi connectivity index (χ3n) is 4.22. The molecule has 1 atom stereocenters. The van der Waals surface area contributed by atoms with Crippen LogP contribution in [0.2, 0.25) is 0 Å². The average molecular weight is 378 g/mol. The van der Waals surface area contributed by atoms with Crippen molar-refractivity contribution >= 4 is 36.4 Å². The molecule has 1 unspecified atom stereocenters. The van der Waals surface area contributed by atoms with Crippen LogP contribution in [0.3, 0.4) is 0 Å². The number of benzene rings is 1. The summed E-state index contributed by atoms with van der Waals surface area (Å²) in [5.74, 6) is 0.149. The number of anilines is 1. The van der Waals surface area contributed by atoms with Crippen LogP contribution in [0.1, 0.15) is 12.8 Å². The van der Waals surface area contributed by atoms with Crippen molar-refractivity contribution in [3.05, 3.63) is 30.3 Å². The minimum Gasteiger partial charge on any atom is -0.383 e. The van der Waals surface area contributed by atoms with Crippen LogP contribution in [0.5, 0.6) is 0 Å². The molecule has 138 valence electrons. The third-order valence-corrected chi connectivity index (χ3v) is 4.22. The highest BCUT2D eigenvalue weighted by atomic mass is 35.5. The van der Waals surface area contributed by atoms with Gasteiger partial charge in [-0.25, -0.2) is 0 Å².